The van der Waals surface area contributed by atoms with Gasteiger partial charge in [0.1, 0.15) is 5.82 Å². The van der Waals surface area contributed by atoms with E-state index in [0.29, 0.717) is 6.54 Å². The van der Waals surface area contributed by atoms with E-state index in [1.165, 1.54) is 5.56 Å². The summed E-state index contributed by atoms with van der Waals surface area (Å²) in [6.45, 7) is 4.40. The molecule has 2 aromatic rings. The molecule has 21 heavy (non-hydrogen) atoms. The molecule has 0 aliphatic heterocycles. The first-order chi connectivity index (χ1) is 10.2. The van der Waals surface area contributed by atoms with Crippen LogP contribution in [0.2, 0.25) is 0 Å². The third-order valence-corrected chi connectivity index (χ3v) is 3.24. The second-order valence-electron chi connectivity index (χ2n) is 5.11. The minimum Gasteiger partial charge on any atom is -0.354 e. The summed E-state index contributed by atoms with van der Waals surface area (Å²) < 4.78 is 2.12. The molecular formula is C16H23N5. The van der Waals surface area contributed by atoms with Gasteiger partial charge in [-0.3, -0.25) is 0 Å². The Labute approximate surface area is 126 Å². The van der Waals surface area contributed by atoms with Crippen LogP contribution in [0, 0.1) is 6.92 Å². The van der Waals surface area contributed by atoms with Gasteiger partial charge in [0, 0.05) is 39.6 Å². The molecule has 0 unspecified atom stereocenters. The summed E-state index contributed by atoms with van der Waals surface area (Å²) in [5, 5.41) is 3.38. The highest BCUT2D eigenvalue weighted by molar-refractivity contribution is 5.79. The molecule has 0 fully saturated rings. The summed E-state index contributed by atoms with van der Waals surface area (Å²) in [6, 6.07) is 10.3. The second-order valence-corrected chi connectivity index (χ2v) is 5.11. The lowest BCUT2D eigenvalue weighted by Crippen LogP contribution is -2.38. The fourth-order valence-corrected chi connectivity index (χ4v) is 2.03. The monoisotopic (exact) mass is 285 g/mol. The van der Waals surface area contributed by atoms with E-state index in [2.05, 4.69) is 32.0 Å². The maximum atomic E-state index is 4.64. The predicted molar refractivity (Wildman–Crippen MR) is 86.2 cm³/mol. The van der Waals surface area contributed by atoms with Crippen LogP contribution >= 0.6 is 0 Å². The number of aliphatic imine (C=N–C) groups is 1. The highest BCUT2D eigenvalue weighted by Crippen LogP contribution is 2.00. The quantitative estimate of drug-likeness (QED) is 0.674. The summed E-state index contributed by atoms with van der Waals surface area (Å²) in [5.41, 5.74) is 1.21. The van der Waals surface area contributed by atoms with E-state index in [4.69, 9.17) is 0 Å². The Kier molecular flexibility index (Phi) is 5.37. The zero-order valence-corrected chi connectivity index (χ0v) is 13.0. The largest absolute Gasteiger partial charge is 0.354 e. The van der Waals surface area contributed by atoms with Gasteiger partial charge in [-0.15, -0.1) is 0 Å². The van der Waals surface area contributed by atoms with E-state index in [9.17, 15) is 0 Å². The van der Waals surface area contributed by atoms with Gasteiger partial charge in [0.2, 0.25) is 0 Å². The average molecular weight is 285 g/mol. The van der Waals surface area contributed by atoms with Crippen LogP contribution in [0.3, 0.4) is 0 Å². The fraction of sp³-hybridized carbons (Fsp3) is 0.375. The molecule has 0 amide bonds. The van der Waals surface area contributed by atoms with E-state index < -0.39 is 0 Å². The number of guanidine groups is 1. The van der Waals surface area contributed by atoms with Gasteiger partial charge in [0.25, 0.3) is 0 Å². The molecule has 1 heterocycles. The molecule has 5 nitrogen and oxygen atoms in total. The van der Waals surface area contributed by atoms with E-state index in [0.717, 1.165) is 24.9 Å². The van der Waals surface area contributed by atoms with Gasteiger partial charge in [-0.2, -0.15) is 0 Å². The van der Waals surface area contributed by atoms with Gasteiger partial charge < -0.3 is 14.8 Å². The molecule has 0 bridgehead atoms. The number of aromatic nitrogens is 2. The van der Waals surface area contributed by atoms with Crippen LogP contribution in [-0.4, -0.2) is 41.1 Å². The molecule has 0 aliphatic rings. The van der Waals surface area contributed by atoms with Gasteiger partial charge >= 0.3 is 0 Å². The SMILES string of the molecule is Cc1nccn1CCNC(=NCc1ccccc1)N(C)C. The third-order valence-electron chi connectivity index (χ3n) is 3.24. The van der Waals surface area contributed by atoms with Crippen molar-refractivity contribution in [2.75, 3.05) is 20.6 Å². The van der Waals surface area contributed by atoms with Crippen LogP contribution in [0.15, 0.2) is 47.7 Å². The van der Waals surface area contributed by atoms with Crippen molar-refractivity contribution in [3.05, 3.63) is 54.1 Å². The first kappa shape index (κ1) is 15.1. The Balaban J connectivity index is 1.88. The number of hydrogen-bond acceptors (Lipinski definition) is 2. The topological polar surface area (TPSA) is 45.5 Å². The summed E-state index contributed by atoms with van der Waals surface area (Å²) in [5.74, 6) is 1.93. The lowest BCUT2D eigenvalue weighted by Gasteiger charge is -2.18. The van der Waals surface area contributed by atoms with Crippen molar-refractivity contribution in [2.45, 2.75) is 20.0 Å². The third kappa shape index (κ3) is 4.63. The van der Waals surface area contributed by atoms with Crippen LogP contribution in [0.1, 0.15) is 11.4 Å². The van der Waals surface area contributed by atoms with E-state index >= 15 is 0 Å². The number of benzene rings is 1. The van der Waals surface area contributed by atoms with Crippen molar-refractivity contribution in [1.29, 1.82) is 0 Å². The molecule has 112 valence electrons. The highest BCUT2D eigenvalue weighted by Gasteiger charge is 2.02. The maximum absolute atomic E-state index is 4.64. The number of rotatable bonds is 5. The Bertz CT molecular complexity index is 571. The summed E-state index contributed by atoms with van der Waals surface area (Å²) >= 11 is 0. The van der Waals surface area contributed by atoms with Crippen molar-refractivity contribution >= 4 is 5.96 Å². The zero-order chi connectivity index (χ0) is 15.1. The summed E-state index contributed by atoms with van der Waals surface area (Å²) in [6.07, 6.45) is 3.82. The minimum atomic E-state index is 0.686. The smallest absolute Gasteiger partial charge is 0.193 e. The number of nitrogens with zero attached hydrogens (tertiary/aromatic N) is 4. The zero-order valence-electron chi connectivity index (χ0n) is 13.0. The van der Waals surface area contributed by atoms with E-state index in [1.54, 1.807) is 0 Å². The molecule has 1 N–H and O–H groups in total. The molecule has 0 atom stereocenters. The first-order valence-electron chi connectivity index (χ1n) is 7.14. The Hall–Kier alpha value is -2.30. The van der Waals surface area contributed by atoms with E-state index in [-0.39, 0.29) is 0 Å². The molecule has 1 aromatic carbocycles. The standard InChI is InChI=1S/C16H23N5/c1-14-17-9-11-21(14)12-10-18-16(20(2)3)19-13-15-7-5-4-6-8-15/h4-9,11H,10,12-13H2,1-3H3,(H,18,19). The van der Waals surface area contributed by atoms with Crippen molar-refractivity contribution in [2.24, 2.45) is 4.99 Å². The molecular weight excluding hydrogens is 262 g/mol. The number of nitrogens with one attached hydrogen (secondary N) is 1. The Morgan fingerprint density at radius 3 is 2.67 bits per heavy atom. The fourth-order valence-electron chi connectivity index (χ4n) is 2.03. The van der Waals surface area contributed by atoms with Gasteiger partial charge in [-0.05, 0) is 12.5 Å². The molecule has 0 spiro atoms. The van der Waals surface area contributed by atoms with Gasteiger partial charge in [0.05, 0.1) is 6.54 Å². The summed E-state index contributed by atoms with van der Waals surface area (Å²) in [7, 11) is 4.00. The van der Waals surface area contributed by atoms with Gasteiger partial charge in [0.15, 0.2) is 5.96 Å². The highest BCUT2D eigenvalue weighted by atomic mass is 15.3. The lowest BCUT2D eigenvalue weighted by atomic mass is 10.2. The number of hydrogen-bond donors (Lipinski definition) is 1. The molecule has 0 saturated carbocycles. The van der Waals surface area contributed by atoms with Crippen LogP contribution in [0.25, 0.3) is 0 Å². The van der Waals surface area contributed by atoms with Crippen LogP contribution in [-0.2, 0) is 13.1 Å². The molecule has 5 heteroatoms. The van der Waals surface area contributed by atoms with Crippen molar-refractivity contribution < 1.29 is 0 Å². The second kappa shape index (κ2) is 7.47. The number of imidazole rings is 1. The predicted octanol–water partition coefficient (Wildman–Crippen LogP) is 1.90. The van der Waals surface area contributed by atoms with Crippen molar-refractivity contribution in [1.82, 2.24) is 19.8 Å². The minimum absolute atomic E-state index is 0.686. The van der Waals surface area contributed by atoms with Crippen molar-refractivity contribution in [3.63, 3.8) is 0 Å². The number of aryl methyl sites for hydroxylation is 1. The molecule has 0 saturated heterocycles. The molecule has 1 aromatic heterocycles. The maximum Gasteiger partial charge on any atom is 0.193 e. The van der Waals surface area contributed by atoms with Crippen LogP contribution in [0.4, 0.5) is 0 Å². The van der Waals surface area contributed by atoms with Crippen molar-refractivity contribution in [3.8, 4) is 0 Å². The average Bonchev–Trinajstić information content (AvgIpc) is 2.89. The normalized spacial score (nSPS) is 11.5. The van der Waals surface area contributed by atoms with Gasteiger partial charge in [-0.1, -0.05) is 30.3 Å². The molecule has 2 rings (SSSR count). The molecule has 0 aliphatic carbocycles. The first-order valence-corrected chi connectivity index (χ1v) is 7.14. The summed E-state index contributed by atoms with van der Waals surface area (Å²) in [4.78, 5) is 10.9. The Morgan fingerprint density at radius 1 is 1.29 bits per heavy atom. The van der Waals surface area contributed by atoms with Gasteiger partial charge in [-0.25, -0.2) is 9.98 Å². The molecule has 0 radical (unpaired) electrons. The Morgan fingerprint density at radius 2 is 2.05 bits per heavy atom. The van der Waals surface area contributed by atoms with E-state index in [1.807, 2.05) is 56.5 Å². The van der Waals surface area contributed by atoms with Crippen LogP contribution in [0.5, 0.6) is 0 Å². The van der Waals surface area contributed by atoms with Crippen LogP contribution < -0.4 is 5.32 Å². The lowest BCUT2D eigenvalue weighted by molar-refractivity contribution is 0.561.